The minimum absolute atomic E-state index is 0.400. The van der Waals surface area contributed by atoms with Gasteiger partial charge in [-0.05, 0) is 58.7 Å². The standard InChI is InChI=1S/C16H21BrNO4P/c1-9-13-11(7-10(17)8-12(13)23(5,6)21)14(19)18(9)15(20)22-16(2,3)4/h7-9H,1-6H3. The van der Waals surface area contributed by atoms with Gasteiger partial charge >= 0.3 is 6.09 Å². The monoisotopic (exact) mass is 401 g/mol. The van der Waals surface area contributed by atoms with E-state index in [1.807, 2.05) is 0 Å². The number of imide groups is 1. The van der Waals surface area contributed by atoms with Gasteiger partial charge in [-0.2, -0.15) is 0 Å². The summed E-state index contributed by atoms with van der Waals surface area (Å²) < 4.78 is 18.6. The maximum atomic E-state index is 12.7. The molecular weight excluding hydrogens is 381 g/mol. The fourth-order valence-electron chi connectivity index (χ4n) is 2.65. The van der Waals surface area contributed by atoms with Crippen molar-refractivity contribution >= 4 is 40.4 Å². The first-order chi connectivity index (χ1) is 10.3. The number of amides is 2. The van der Waals surface area contributed by atoms with Crippen molar-refractivity contribution in [2.24, 2.45) is 0 Å². The topological polar surface area (TPSA) is 63.7 Å². The zero-order valence-electron chi connectivity index (χ0n) is 14.1. The minimum Gasteiger partial charge on any atom is -0.443 e. The zero-order valence-corrected chi connectivity index (χ0v) is 16.6. The van der Waals surface area contributed by atoms with Crippen molar-refractivity contribution in [2.45, 2.75) is 39.3 Å². The molecule has 1 aromatic carbocycles. The number of hydrogen-bond donors (Lipinski definition) is 0. The fraction of sp³-hybridized carbons (Fsp3) is 0.500. The molecule has 0 N–H and O–H groups in total. The summed E-state index contributed by atoms with van der Waals surface area (Å²) in [6.45, 7) is 10.3. The van der Waals surface area contributed by atoms with Crippen LogP contribution in [0.4, 0.5) is 4.79 Å². The lowest BCUT2D eigenvalue weighted by molar-refractivity contribution is 0.0203. The van der Waals surface area contributed by atoms with Gasteiger partial charge in [0.15, 0.2) is 0 Å². The molecule has 1 unspecified atom stereocenters. The highest BCUT2D eigenvalue weighted by molar-refractivity contribution is 9.10. The Labute approximate surface area is 144 Å². The molecule has 1 atom stereocenters. The average molecular weight is 402 g/mol. The molecule has 1 aromatic rings. The smallest absolute Gasteiger partial charge is 0.417 e. The number of carbonyl (C=O) groups excluding carboxylic acids is 2. The van der Waals surface area contributed by atoms with E-state index >= 15 is 0 Å². The third-order valence-corrected chi connectivity index (χ3v) is 5.54. The van der Waals surface area contributed by atoms with Gasteiger partial charge in [-0.1, -0.05) is 15.9 Å². The van der Waals surface area contributed by atoms with E-state index in [1.54, 1.807) is 53.2 Å². The highest BCUT2D eigenvalue weighted by atomic mass is 79.9. The van der Waals surface area contributed by atoms with Crippen LogP contribution >= 0.6 is 23.1 Å². The van der Waals surface area contributed by atoms with Gasteiger partial charge in [-0.25, -0.2) is 9.69 Å². The summed E-state index contributed by atoms with van der Waals surface area (Å²) in [5.41, 5.74) is 0.356. The van der Waals surface area contributed by atoms with Crippen LogP contribution in [0.1, 0.15) is 49.7 Å². The van der Waals surface area contributed by atoms with Crippen LogP contribution in [0.5, 0.6) is 0 Å². The number of rotatable bonds is 1. The number of carbonyl (C=O) groups is 2. The second-order valence-electron chi connectivity index (χ2n) is 7.07. The van der Waals surface area contributed by atoms with Gasteiger partial charge in [0, 0.05) is 15.3 Å². The Morgan fingerprint density at radius 1 is 1.30 bits per heavy atom. The van der Waals surface area contributed by atoms with E-state index in [1.165, 1.54) is 0 Å². The van der Waals surface area contributed by atoms with E-state index in [-0.39, 0.29) is 0 Å². The number of fused-ring (bicyclic) bond motifs is 1. The first-order valence-electron chi connectivity index (χ1n) is 7.28. The van der Waals surface area contributed by atoms with Crippen molar-refractivity contribution < 1.29 is 18.9 Å². The van der Waals surface area contributed by atoms with Crippen LogP contribution in [0.3, 0.4) is 0 Å². The van der Waals surface area contributed by atoms with E-state index in [4.69, 9.17) is 4.74 Å². The van der Waals surface area contributed by atoms with Crippen LogP contribution in [0.25, 0.3) is 0 Å². The fourth-order valence-corrected chi connectivity index (χ4v) is 4.62. The Balaban J connectivity index is 2.55. The normalized spacial score (nSPS) is 18.1. The Bertz CT molecular complexity index is 732. The molecule has 5 nitrogen and oxygen atoms in total. The molecule has 2 amide bonds. The molecule has 0 aromatic heterocycles. The molecule has 126 valence electrons. The number of nitrogens with zero attached hydrogens (tertiary/aromatic N) is 1. The predicted molar refractivity (Wildman–Crippen MR) is 94.0 cm³/mol. The van der Waals surface area contributed by atoms with E-state index in [9.17, 15) is 14.2 Å². The second-order valence-corrected chi connectivity index (χ2v) is 11.2. The minimum atomic E-state index is -2.61. The zero-order chi connectivity index (χ0) is 17.7. The summed E-state index contributed by atoms with van der Waals surface area (Å²) in [6.07, 6.45) is -0.685. The molecule has 1 heterocycles. The largest absolute Gasteiger partial charge is 0.443 e. The summed E-state index contributed by atoms with van der Waals surface area (Å²) >= 11 is 3.35. The lowest BCUT2D eigenvalue weighted by atomic mass is 10.1. The molecule has 1 aliphatic rings. The van der Waals surface area contributed by atoms with Crippen LogP contribution in [0, 0.1) is 0 Å². The highest BCUT2D eigenvalue weighted by Crippen LogP contribution is 2.44. The van der Waals surface area contributed by atoms with Gasteiger partial charge in [0.05, 0.1) is 6.04 Å². The Hall–Kier alpha value is -1.13. The third-order valence-electron chi connectivity index (χ3n) is 3.55. The molecule has 0 saturated carbocycles. The molecule has 2 rings (SSSR count). The van der Waals surface area contributed by atoms with E-state index < -0.39 is 30.8 Å². The van der Waals surface area contributed by atoms with Crippen molar-refractivity contribution in [1.82, 2.24) is 4.90 Å². The molecule has 0 bridgehead atoms. The Morgan fingerprint density at radius 3 is 2.35 bits per heavy atom. The molecular formula is C16H21BrNO4P. The highest BCUT2D eigenvalue weighted by Gasteiger charge is 2.43. The summed E-state index contributed by atoms with van der Waals surface area (Å²) in [5, 5.41) is 0.619. The van der Waals surface area contributed by atoms with Gasteiger partial charge in [-0.15, -0.1) is 0 Å². The van der Waals surface area contributed by atoms with Crippen molar-refractivity contribution in [2.75, 3.05) is 13.3 Å². The lowest BCUT2D eigenvalue weighted by Crippen LogP contribution is -2.38. The van der Waals surface area contributed by atoms with Gasteiger partial charge in [0.1, 0.15) is 12.7 Å². The van der Waals surface area contributed by atoms with Crippen LogP contribution < -0.4 is 5.30 Å². The van der Waals surface area contributed by atoms with E-state index in [2.05, 4.69) is 15.9 Å². The summed E-state index contributed by atoms with van der Waals surface area (Å²) in [6, 6.07) is 2.92. The molecule has 0 spiro atoms. The maximum absolute atomic E-state index is 12.7. The van der Waals surface area contributed by atoms with Gasteiger partial charge < -0.3 is 9.30 Å². The second kappa shape index (κ2) is 5.75. The first-order valence-corrected chi connectivity index (χ1v) is 10.7. The molecule has 23 heavy (non-hydrogen) atoms. The SMILES string of the molecule is CC1c2c(cc(Br)cc2P(C)(C)=O)C(=O)N1C(=O)OC(C)(C)C. The molecule has 7 heteroatoms. The van der Waals surface area contributed by atoms with Crippen molar-refractivity contribution in [3.8, 4) is 0 Å². The first kappa shape index (κ1) is 18.2. The third kappa shape index (κ3) is 3.53. The maximum Gasteiger partial charge on any atom is 0.417 e. The van der Waals surface area contributed by atoms with Crippen LogP contribution in [0.15, 0.2) is 16.6 Å². The molecule has 0 saturated heterocycles. The van der Waals surface area contributed by atoms with Gasteiger partial charge in [0.25, 0.3) is 5.91 Å². The van der Waals surface area contributed by atoms with Crippen LogP contribution in [-0.4, -0.2) is 35.8 Å². The van der Waals surface area contributed by atoms with Gasteiger partial charge in [0.2, 0.25) is 0 Å². The van der Waals surface area contributed by atoms with Crippen molar-refractivity contribution in [3.05, 3.63) is 27.7 Å². The van der Waals surface area contributed by atoms with Crippen LogP contribution in [-0.2, 0) is 9.30 Å². The molecule has 0 fully saturated rings. The number of halogens is 1. The molecule has 0 radical (unpaired) electrons. The summed E-state index contributed by atoms with van der Waals surface area (Å²) in [7, 11) is -2.61. The van der Waals surface area contributed by atoms with E-state index in [0.717, 1.165) is 4.90 Å². The van der Waals surface area contributed by atoms with E-state index in [0.29, 0.717) is 20.9 Å². The number of ether oxygens (including phenoxy) is 1. The summed E-state index contributed by atoms with van der Waals surface area (Å²) in [5.74, 6) is -0.419. The summed E-state index contributed by atoms with van der Waals surface area (Å²) in [4.78, 5) is 26.2. The molecule has 1 aliphatic heterocycles. The lowest BCUT2D eigenvalue weighted by Gasteiger charge is -2.26. The van der Waals surface area contributed by atoms with Crippen molar-refractivity contribution in [3.63, 3.8) is 0 Å². The van der Waals surface area contributed by atoms with Crippen LogP contribution in [0.2, 0.25) is 0 Å². The quantitative estimate of drug-likeness (QED) is 0.663. The predicted octanol–water partition coefficient (Wildman–Crippen LogP) is 4.15. The number of benzene rings is 1. The molecule has 0 aliphatic carbocycles. The van der Waals surface area contributed by atoms with Crippen molar-refractivity contribution in [1.29, 1.82) is 0 Å². The average Bonchev–Trinajstić information content (AvgIpc) is 2.57. The Kier molecular flexibility index (Phi) is 4.55. The Morgan fingerprint density at radius 2 is 1.87 bits per heavy atom. The number of hydrogen-bond acceptors (Lipinski definition) is 4. The van der Waals surface area contributed by atoms with Gasteiger partial charge in [-0.3, -0.25) is 4.79 Å².